The van der Waals surface area contributed by atoms with Crippen molar-refractivity contribution in [2.45, 2.75) is 31.6 Å². The summed E-state index contributed by atoms with van der Waals surface area (Å²) in [5, 5.41) is 43.5. The van der Waals surface area contributed by atoms with Crippen LogP contribution in [0.3, 0.4) is 0 Å². The van der Waals surface area contributed by atoms with E-state index < -0.39 is 24.1 Å². The molecule has 3 heterocycles. The lowest BCUT2D eigenvalue weighted by Gasteiger charge is -2.34. The molecule has 1 aliphatic heterocycles. The quantitative estimate of drug-likeness (QED) is 0.150. The van der Waals surface area contributed by atoms with Gasteiger partial charge in [0.25, 0.3) is 5.91 Å². The zero-order valence-corrected chi connectivity index (χ0v) is 26.6. The van der Waals surface area contributed by atoms with Crippen LogP contribution >= 0.6 is 0 Å². The van der Waals surface area contributed by atoms with Gasteiger partial charge in [0, 0.05) is 62.9 Å². The number of nitrogens with zero attached hydrogens (tertiary/aromatic N) is 6. The highest BCUT2D eigenvalue weighted by atomic mass is 16.4. The van der Waals surface area contributed by atoms with E-state index in [-0.39, 0.29) is 5.91 Å². The minimum atomic E-state index is -2.27. The average molecular weight is 659 g/mol. The number of likely N-dealkylation sites (N-methyl/N-ethyl adjacent to an activating group) is 1. The van der Waals surface area contributed by atoms with Crippen LogP contribution < -0.4 is 15.5 Å². The number of aliphatic hydroxyl groups excluding tert-OH is 2. The summed E-state index contributed by atoms with van der Waals surface area (Å²) in [6, 6.07) is 18.3. The fourth-order valence-corrected chi connectivity index (χ4v) is 5.48. The van der Waals surface area contributed by atoms with E-state index in [1.165, 1.54) is 5.69 Å². The van der Waals surface area contributed by atoms with E-state index in [1.807, 2.05) is 43.6 Å². The van der Waals surface area contributed by atoms with Gasteiger partial charge in [-0.1, -0.05) is 30.3 Å². The molecule has 2 aliphatic rings. The number of rotatable bonds is 9. The number of aryl methyl sites for hydroxylation is 2. The fraction of sp³-hybridized carbons (Fsp3) is 0.333. The van der Waals surface area contributed by atoms with E-state index in [1.54, 1.807) is 4.68 Å². The Labute approximate surface area is 276 Å². The summed E-state index contributed by atoms with van der Waals surface area (Å²) in [4.78, 5) is 46.8. The van der Waals surface area contributed by atoms with Gasteiger partial charge in [-0.25, -0.2) is 19.6 Å². The predicted octanol–water partition coefficient (Wildman–Crippen LogP) is 1.28. The van der Waals surface area contributed by atoms with Crippen LogP contribution in [0.25, 0.3) is 11.4 Å². The largest absolute Gasteiger partial charge is 0.479 e. The maximum absolute atomic E-state index is 13.0. The number of piperazine rings is 1. The molecule has 0 bridgehead atoms. The molecule has 2 aromatic heterocycles. The lowest BCUT2D eigenvalue weighted by molar-refractivity contribution is -0.165. The van der Waals surface area contributed by atoms with Crippen LogP contribution in [0.15, 0.2) is 60.8 Å². The highest BCUT2D eigenvalue weighted by Crippen LogP contribution is 2.34. The molecule has 1 fully saturated rings. The van der Waals surface area contributed by atoms with Crippen molar-refractivity contribution in [3.63, 3.8) is 0 Å². The normalized spacial score (nSPS) is 15.2. The fourth-order valence-electron chi connectivity index (χ4n) is 5.48. The Balaban J connectivity index is 0.000000393. The molecule has 252 valence electrons. The Kier molecular flexibility index (Phi) is 10.6. The number of aromatic nitrogens is 4. The van der Waals surface area contributed by atoms with Crippen LogP contribution in [0.1, 0.15) is 27.2 Å². The summed E-state index contributed by atoms with van der Waals surface area (Å²) in [6.45, 7) is 4.70. The number of carbonyl (C=O) groups excluding carboxylic acids is 1. The number of carboxylic acid groups (broad SMARTS) is 2. The summed E-state index contributed by atoms with van der Waals surface area (Å²) in [5.74, 6) is -3.17. The minimum Gasteiger partial charge on any atom is -0.479 e. The van der Waals surface area contributed by atoms with Gasteiger partial charge in [0.1, 0.15) is 0 Å². The van der Waals surface area contributed by atoms with Gasteiger partial charge in [0.05, 0.1) is 11.4 Å². The van der Waals surface area contributed by atoms with Gasteiger partial charge in [-0.05, 0) is 55.3 Å². The SMILES string of the molecule is CN1CCN(c2ccc(Nc3ncc4c(n3)-c3c(c(C(=O)NCc5ccccc5)nn3C)CC4)cc2)CC1.O=C(O)C(O)C(O)C(=O)O. The molecular formula is C33H38N8O7. The molecule has 6 N–H and O–H groups in total. The number of amides is 1. The predicted molar refractivity (Wildman–Crippen MR) is 176 cm³/mol. The van der Waals surface area contributed by atoms with Crippen LogP contribution in [0.5, 0.6) is 0 Å². The maximum Gasteiger partial charge on any atom is 0.335 e. The van der Waals surface area contributed by atoms with E-state index in [0.29, 0.717) is 18.2 Å². The lowest BCUT2D eigenvalue weighted by Crippen LogP contribution is -2.44. The molecule has 15 nitrogen and oxygen atoms in total. The molecule has 1 aliphatic carbocycles. The van der Waals surface area contributed by atoms with Crippen molar-refractivity contribution in [1.82, 2.24) is 30.0 Å². The minimum absolute atomic E-state index is 0.165. The second-order valence-electron chi connectivity index (χ2n) is 11.6. The van der Waals surface area contributed by atoms with Gasteiger partial charge in [0.15, 0.2) is 17.9 Å². The topological polar surface area (TPSA) is 206 Å². The summed E-state index contributed by atoms with van der Waals surface area (Å²) >= 11 is 0. The first-order valence-corrected chi connectivity index (χ1v) is 15.4. The smallest absolute Gasteiger partial charge is 0.335 e. The second-order valence-corrected chi connectivity index (χ2v) is 11.6. The van der Waals surface area contributed by atoms with E-state index in [9.17, 15) is 14.4 Å². The zero-order chi connectivity index (χ0) is 34.4. The van der Waals surface area contributed by atoms with E-state index in [0.717, 1.165) is 72.8 Å². The van der Waals surface area contributed by atoms with Crippen LogP contribution in [0.2, 0.25) is 0 Å². The first-order chi connectivity index (χ1) is 23.0. The van der Waals surface area contributed by atoms with Crippen molar-refractivity contribution in [3.05, 3.63) is 83.2 Å². The molecule has 15 heteroatoms. The molecule has 0 radical (unpaired) electrons. The number of nitrogens with one attached hydrogen (secondary N) is 2. The molecule has 4 aromatic rings. The number of aliphatic hydroxyl groups is 2. The number of hydrogen-bond donors (Lipinski definition) is 6. The zero-order valence-electron chi connectivity index (χ0n) is 26.6. The standard InChI is InChI=1S/C29H32N8O.C4H6O6/c1-35-14-16-37(17-15-35)23-11-9-22(10-12-23)32-29-31-19-21-8-13-24-26(34-36(2)27(24)25(21)33-29)28(38)30-18-20-6-4-3-5-7-20;5-1(3(7)8)2(6)4(9)10/h3-7,9-12,19H,8,13-18H2,1-2H3,(H,30,38)(H,31,32,33);1-2,5-6H,(H,7,8)(H,9,10). The third kappa shape index (κ3) is 7.94. The van der Waals surface area contributed by atoms with Crippen molar-refractivity contribution < 1.29 is 34.8 Å². The van der Waals surface area contributed by atoms with Crippen molar-refractivity contribution in [3.8, 4) is 11.4 Å². The molecule has 6 rings (SSSR count). The van der Waals surface area contributed by atoms with E-state index in [2.05, 4.69) is 61.8 Å². The van der Waals surface area contributed by atoms with Gasteiger partial charge in [-0.15, -0.1) is 0 Å². The van der Waals surface area contributed by atoms with Crippen LogP contribution in [-0.2, 0) is 36.0 Å². The van der Waals surface area contributed by atoms with Gasteiger partial charge >= 0.3 is 11.9 Å². The first-order valence-electron chi connectivity index (χ1n) is 15.4. The first kappa shape index (κ1) is 34.0. The third-order valence-electron chi connectivity index (χ3n) is 8.19. The highest BCUT2D eigenvalue weighted by molar-refractivity contribution is 5.96. The molecule has 1 amide bonds. The second kappa shape index (κ2) is 15.0. The molecule has 2 atom stereocenters. The number of anilines is 3. The Morgan fingerprint density at radius 3 is 2.15 bits per heavy atom. The van der Waals surface area contributed by atoms with Crippen LogP contribution in [-0.4, -0.2) is 108 Å². The maximum atomic E-state index is 13.0. The number of carboxylic acids is 2. The van der Waals surface area contributed by atoms with E-state index >= 15 is 0 Å². The van der Waals surface area contributed by atoms with E-state index in [4.69, 9.17) is 25.4 Å². The van der Waals surface area contributed by atoms with Gasteiger partial charge in [-0.2, -0.15) is 5.10 Å². The number of carbonyl (C=O) groups is 3. The summed E-state index contributed by atoms with van der Waals surface area (Å²) in [7, 11) is 4.03. The lowest BCUT2D eigenvalue weighted by atomic mass is 9.93. The number of hydrogen-bond acceptors (Lipinski definition) is 11. The molecule has 2 aromatic carbocycles. The number of fused-ring (bicyclic) bond motifs is 3. The monoisotopic (exact) mass is 658 g/mol. The molecule has 0 saturated carbocycles. The Morgan fingerprint density at radius 2 is 1.52 bits per heavy atom. The summed E-state index contributed by atoms with van der Waals surface area (Å²) in [6.07, 6.45) is -1.15. The molecule has 0 spiro atoms. The van der Waals surface area contributed by atoms with Crippen LogP contribution in [0.4, 0.5) is 17.3 Å². The molecule has 2 unspecified atom stereocenters. The van der Waals surface area contributed by atoms with Crippen molar-refractivity contribution in [2.75, 3.05) is 43.4 Å². The Morgan fingerprint density at radius 1 is 0.875 bits per heavy atom. The molecular weight excluding hydrogens is 620 g/mol. The third-order valence-corrected chi connectivity index (χ3v) is 8.19. The van der Waals surface area contributed by atoms with Crippen molar-refractivity contribution in [1.29, 1.82) is 0 Å². The van der Waals surface area contributed by atoms with Crippen molar-refractivity contribution in [2.24, 2.45) is 7.05 Å². The van der Waals surface area contributed by atoms with Crippen molar-refractivity contribution >= 4 is 35.2 Å². The molecule has 1 saturated heterocycles. The number of benzene rings is 2. The Hall–Kier alpha value is -5.38. The van der Waals surface area contributed by atoms with Gasteiger partial charge < -0.3 is 40.9 Å². The van der Waals surface area contributed by atoms with Gasteiger partial charge in [-0.3, -0.25) is 9.48 Å². The molecule has 48 heavy (non-hydrogen) atoms. The summed E-state index contributed by atoms with van der Waals surface area (Å²) < 4.78 is 1.77. The van der Waals surface area contributed by atoms with Gasteiger partial charge in [0.2, 0.25) is 5.95 Å². The average Bonchev–Trinajstić information content (AvgIpc) is 3.44. The number of aliphatic carboxylic acids is 2. The summed E-state index contributed by atoms with van der Waals surface area (Å²) in [5.41, 5.74) is 7.39. The highest BCUT2D eigenvalue weighted by Gasteiger charge is 2.30. The van der Waals surface area contributed by atoms with Crippen LogP contribution in [0, 0.1) is 0 Å². The Bertz CT molecular complexity index is 1740.